The van der Waals surface area contributed by atoms with Gasteiger partial charge in [-0.15, -0.1) is 0 Å². The number of halogens is 2. The van der Waals surface area contributed by atoms with Crippen LogP contribution in [0.25, 0.3) is 6.08 Å². The van der Waals surface area contributed by atoms with Gasteiger partial charge in [0.15, 0.2) is 6.61 Å². The number of urea groups is 1. The van der Waals surface area contributed by atoms with Crippen molar-refractivity contribution in [3.05, 3.63) is 61.7 Å². The van der Waals surface area contributed by atoms with Crippen LogP contribution in [0.2, 0.25) is 5.02 Å². The van der Waals surface area contributed by atoms with Gasteiger partial charge in [-0.2, -0.15) is 0 Å². The molecule has 3 rings (SSSR count). The first-order valence-electron chi connectivity index (χ1n) is 9.46. The summed E-state index contributed by atoms with van der Waals surface area (Å²) in [5.41, 5.74) is 1.36. The Morgan fingerprint density at radius 3 is 2.59 bits per heavy atom. The van der Waals surface area contributed by atoms with Crippen LogP contribution in [0.15, 0.2) is 42.0 Å². The number of anilines is 1. The Labute approximate surface area is 202 Å². The third kappa shape index (κ3) is 5.28. The van der Waals surface area contributed by atoms with Crippen LogP contribution in [0.1, 0.15) is 18.1 Å². The summed E-state index contributed by atoms with van der Waals surface area (Å²) >= 11 is 8.14. The average molecular weight is 569 g/mol. The number of nitrogens with zero attached hydrogens (tertiary/aromatic N) is 1. The molecule has 2 aromatic rings. The third-order valence-corrected chi connectivity index (χ3v) is 5.68. The highest BCUT2D eigenvalue weighted by Gasteiger charge is 2.37. The highest BCUT2D eigenvalue weighted by molar-refractivity contribution is 14.1. The van der Waals surface area contributed by atoms with Crippen LogP contribution in [0.4, 0.5) is 10.5 Å². The van der Waals surface area contributed by atoms with Crippen LogP contribution in [0.5, 0.6) is 5.75 Å². The smallest absolute Gasteiger partial charge is 0.344 e. The molecule has 4 amide bonds. The van der Waals surface area contributed by atoms with E-state index in [9.17, 15) is 19.2 Å². The summed E-state index contributed by atoms with van der Waals surface area (Å²) in [6.45, 7) is 3.52. The monoisotopic (exact) mass is 568 g/mol. The van der Waals surface area contributed by atoms with Crippen LogP contribution in [-0.2, 0) is 19.1 Å². The predicted octanol–water partition coefficient (Wildman–Crippen LogP) is 3.86. The van der Waals surface area contributed by atoms with Crippen molar-refractivity contribution >= 4 is 69.8 Å². The number of nitrogens with one attached hydrogen (secondary N) is 1. The molecule has 8 nitrogen and oxygen atoms in total. The molecule has 10 heteroatoms. The van der Waals surface area contributed by atoms with Crippen LogP contribution in [-0.4, -0.2) is 37.0 Å². The van der Waals surface area contributed by atoms with Crippen molar-refractivity contribution in [2.45, 2.75) is 13.8 Å². The number of carbonyl (C=O) groups is 4. The fraction of sp³-hybridized carbons (Fsp3) is 0.182. The van der Waals surface area contributed by atoms with E-state index in [-0.39, 0.29) is 24.5 Å². The molecule has 0 saturated carbocycles. The van der Waals surface area contributed by atoms with Crippen LogP contribution in [0.3, 0.4) is 0 Å². The fourth-order valence-electron chi connectivity index (χ4n) is 2.84. The van der Waals surface area contributed by atoms with Crippen molar-refractivity contribution in [3.8, 4) is 5.75 Å². The molecule has 0 radical (unpaired) electrons. The van der Waals surface area contributed by atoms with Gasteiger partial charge in [0, 0.05) is 5.02 Å². The Morgan fingerprint density at radius 1 is 1.19 bits per heavy atom. The number of esters is 1. The van der Waals surface area contributed by atoms with E-state index in [1.165, 1.54) is 12.1 Å². The number of carbonyl (C=O) groups excluding carboxylic acids is 4. The predicted molar refractivity (Wildman–Crippen MR) is 126 cm³/mol. The summed E-state index contributed by atoms with van der Waals surface area (Å²) in [4.78, 5) is 50.0. The lowest BCUT2D eigenvalue weighted by atomic mass is 10.1. The molecule has 0 unspecified atom stereocenters. The second-order valence-corrected chi connectivity index (χ2v) is 8.24. The highest BCUT2D eigenvalue weighted by Crippen LogP contribution is 2.28. The van der Waals surface area contributed by atoms with E-state index in [1.807, 2.05) is 22.6 Å². The lowest BCUT2D eigenvalue weighted by molar-refractivity contribution is -0.145. The summed E-state index contributed by atoms with van der Waals surface area (Å²) in [6.07, 6.45) is 1.38. The van der Waals surface area contributed by atoms with Crippen molar-refractivity contribution in [3.63, 3.8) is 0 Å². The number of imide groups is 2. The zero-order chi connectivity index (χ0) is 23.4. The lowest BCUT2D eigenvalue weighted by Crippen LogP contribution is -2.54. The van der Waals surface area contributed by atoms with E-state index in [0.717, 1.165) is 10.5 Å². The van der Waals surface area contributed by atoms with Crippen molar-refractivity contribution in [2.75, 3.05) is 18.1 Å². The zero-order valence-corrected chi connectivity index (χ0v) is 20.0. The quantitative estimate of drug-likeness (QED) is 0.246. The Hall–Kier alpha value is -2.92. The molecule has 1 heterocycles. The maximum atomic E-state index is 13.0. The molecule has 1 fully saturated rings. The van der Waals surface area contributed by atoms with Gasteiger partial charge in [0.05, 0.1) is 15.9 Å². The molecule has 1 aliphatic rings. The third-order valence-electron chi connectivity index (χ3n) is 4.43. The molecule has 1 aliphatic heterocycles. The van der Waals surface area contributed by atoms with Gasteiger partial charge in [-0.05, 0) is 77.9 Å². The average Bonchev–Trinajstić information content (AvgIpc) is 2.73. The first-order valence-corrected chi connectivity index (χ1v) is 10.9. The van der Waals surface area contributed by atoms with E-state index in [4.69, 9.17) is 21.1 Å². The number of barbiturate groups is 1. The van der Waals surface area contributed by atoms with Gasteiger partial charge >= 0.3 is 12.0 Å². The molecule has 166 valence electrons. The van der Waals surface area contributed by atoms with E-state index in [0.29, 0.717) is 19.9 Å². The lowest BCUT2D eigenvalue weighted by Gasteiger charge is -2.26. The van der Waals surface area contributed by atoms with Crippen molar-refractivity contribution in [2.24, 2.45) is 0 Å². The Morgan fingerprint density at radius 2 is 1.94 bits per heavy atom. The van der Waals surface area contributed by atoms with Crippen LogP contribution >= 0.6 is 34.2 Å². The number of hydrogen-bond acceptors (Lipinski definition) is 6. The molecule has 2 aromatic carbocycles. The highest BCUT2D eigenvalue weighted by atomic mass is 127. The Kier molecular flexibility index (Phi) is 7.52. The van der Waals surface area contributed by atoms with E-state index >= 15 is 0 Å². The van der Waals surface area contributed by atoms with Crippen molar-refractivity contribution < 1.29 is 28.7 Å². The standard InChI is InChI=1S/C22H18ClIN2O6/c1-3-31-19(27)11-32-18-7-5-13(9-17(18)24)8-15-20(28)25-22(30)26(21(15)29)14-6-4-12(2)16(23)10-14/h4-10H,3,11H2,1-2H3,(H,25,28,30)/b15-8-. The number of amides is 4. The number of hydrogen-bond donors (Lipinski definition) is 1. The van der Waals surface area contributed by atoms with Crippen molar-refractivity contribution in [1.29, 1.82) is 0 Å². The second-order valence-electron chi connectivity index (χ2n) is 6.67. The van der Waals surface area contributed by atoms with Gasteiger partial charge in [0.1, 0.15) is 11.3 Å². The molecule has 1 saturated heterocycles. The largest absolute Gasteiger partial charge is 0.481 e. The van der Waals surface area contributed by atoms with Gasteiger partial charge in [0.2, 0.25) is 0 Å². The first-order chi connectivity index (χ1) is 15.2. The molecule has 0 atom stereocenters. The van der Waals surface area contributed by atoms with E-state index in [1.54, 1.807) is 44.2 Å². The number of aryl methyl sites for hydroxylation is 1. The van der Waals surface area contributed by atoms with Crippen molar-refractivity contribution in [1.82, 2.24) is 5.32 Å². The number of benzene rings is 2. The number of rotatable bonds is 6. The van der Waals surface area contributed by atoms with Gasteiger partial charge in [-0.25, -0.2) is 14.5 Å². The van der Waals surface area contributed by atoms with Crippen LogP contribution < -0.4 is 15.0 Å². The summed E-state index contributed by atoms with van der Waals surface area (Å²) in [5, 5.41) is 2.56. The summed E-state index contributed by atoms with van der Waals surface area (Å²) in [5.74, 6) is -1.60. The minimum absolute atomic E-state index is 0.211. The number of ether oxygens (including phenoxy) is 2. The van der Waals surface area contributed by atoms with Gasteiger partial charge in [0.25, 0.3) is 11.8 Å². The molecule has 1 N–H and O–H groups in total. The molecule has 0 aliphatic carbocycles. The minimum Gasteiger partial charge on any atom is -0.481 e. The Bertz CT molecular complexity index is 1150. The normalized spacial score (nSPS) is 15.1. The fourth-order valence-corrected chi connectivity index (χ4v) is 3.71. The van der Waals surface area contributed by atoms with Crippen LogP contribution in [0, 0.1) is 10.5 Å². The zero-order valence-electron chi connectivity index (χ0n) is 17.1. The summed E-state index contributed by atoms with van der Waals surface area (Å²) in [7, 11) is 0. The van der Waals surface area contributed by atoms with Gasteiger partial charge < -0.3 is 9.47 Å². The molecule has 0 spiro atoms. The Balaban J connectivity index is 1.86. The molecular weight excluding hydrogens is 551 g/mol. The maximum Gasteiger partial charge on any atom is 0.344 e. The second kappa shape index (κ2) is 10.1. The van der Waals surface area contributed by atoms with E-state index in [2.05, 4.69) is 5.32 Å². The first kappa shape index (κ1) is 23.7. The molecule has 32 heavy (non-hydrogen) atoms. The molecule has 0 aromatic heterocycles. The SMILES string of the molecule is CCOC(=O)COc1ccc(/C=C2/C(=O)NC(=O)N(c3ccc(C)c(Cl)c3)C2=O)cc1I. The topological polar surface area (TPSA) is 102 Å². The van der Waals surface area contributed by atoms with Gasteiger partial charge in [-0.1, -0.05) is 23.7 Å². The van der Waals surface area contributed by atoms with E-state index < -0.39 is 23.8 Å². The summed E-state index contributed by atoms with van der Waals surface area (Å²) in [6, 6.07) is 8.80. The van der Waals surface area contributed by atoms with Gasteiger partial charge in [-0.3, -0.25) is 14.9 Å². The molecule has 0 bridgehead atoms. The summed E-state index contributed by atoms with van der Waals surface area (Å²) < 4.78 is 10.9. The minimum atomic E-state index is -0.852. The molecular formula is C22H18ClIN2O6. The maximum absolute atomic E-state index is 13.0.